The third-order valence-corrected chi connectivity index (χ3v) is 4.79. The predicted octanol–water partition coefficient (Wildman–Crippen LogP) is 4.77. The monoisotopic (exact) mass is 282 g/mol. The summed E-state index contributed by atoms with van der Waals surface area (Å²) in [7, 11) is 0. The summed E-state index contributed by atoms with van der Waals surface area (Å²) in [6, 6.07) is 11.2. The van der Waals surface area contributed by atoms with Crippen molar-refractivity contribution < 1.29 is 0 Å². The molecule has 0 saturated heterocycles. The van der Waals surface area contributed by atoms with Crippen LogP contribution in [0.25, 0.3) is 10.9 Å². The Morgan fingerprint density at radius 2 is 2.00 bits per heavy atom. The maximum absolute atomic E-state index is 4.93. The zero-order valence-corrected chi connectivity index (χ0v) is 13.2. The lowest BCUT2D eigenvalue weighted by molar-refractivity contribution is 0.395. The van der Waals surface area contributed by atoms with Crippen LogP contribution in [-0.2, 0) is 0 Å². The van der Waals surface area contributed by atoms with Gasteiger partial charge in [-0.1, -0.05) is 50.8 Å². The number of benzene rings is 1. The molecule has 1 heterocycles. The maximum Gasteiger partial charge on any atom is 0.0708 e. The minimum absolute atomic E-state index is 0.404. The van der Waals surface area contributed by atoms with Crippen molar-refractivity contribution >= 4 is 10.9 Å². The summed E-state index contributed by atoms with van der Waals surface area (Å²) in [6.45, 7) is 5.40. The molecule has 0 aliphatic heterocycles. The van der Waals surface area contributed by atoms with Gasteiger partial charge in [-0.25, -0.2) is 0 Å². The average Bonchev–Trinajstić information content (AvgIpc) is 3.00. The van der Waals surface area contributed by atoms with Gasteiger partial charge in [0.1, 0.15) is 0 Å². The first-order valence-corrected chi connectivity index (χ1v) is 8.37. The van der Waals surface area contributed by atoms with E-state index in [0.717, 1.165) is 18.0 Å². The molecule has 0 spiro atoms. The van der Waals surface area contributed by atoms with Crippen molar-refractivity contribution in [1.82, 2.24) is 10.3 Å². The van der Waals surface area contributed by atoms with Crippen LogP contribution in [0.5, 0.6) is 0 Å². The maximum atomic E-state index is 4.93. The number of aryl methyl sites for hydroxylation is 1. The van der Waals surface area contributed by atoms with Gasteiger partial charge in [0.25, 0.3) is 0 Å². The fourth-order valence-electron chi connectivity index (χ4n) is 3.69. The van der Waals surface area contributed by atoms with Crippen LogP contribution < -0.4 is 5.32 Å². The Bertz CT molecular complexity index is 600. The van der Waals surface area contributed by atoms with Gasteiger partial charge in [-0.05, 0) is 43.5 Å². The van der Waals surface area contributed by atoms with E-state index in [1.165, 1.54) is 48.7 Å². The van der Waals surface area contributed by atoms with Gasteiger partial charge in [-0.3, -0.25) is 4.98 Å². The highest BCUT2D eigenvalue weighted by atomic mass is 14.9. The summed E-state index contributed by atoms with van der Waals surface area (Å²) in [5, 5.41) is 4.93. The first-order chi connectivity index (χ1) is 10.3. The molecule has 1 unspecified atom stereocenters. The van der Waals surface area contributed by atoms with Crippen molar-refractivity contribution in [1.29, 1.82) is 0 Å². The third kappa shape index (κ3) is 3.26. The molecule has 2 aromatic rings. The Labute approximate surface area is 128 Å². The molecule has 0 radical (unpaired) electrons. The van der Waals surface area contributed by atoms with E-state index in [1.807, 2.05) is 0 Å². The van der Waals surface area contributed by atoms with Gasteiger partial charge in [-0.2, -0.15) is 0 Å². The van der Waals surface area contributed by atoms with Crippen molar-refractivity contribution in [2.45, 2.75) is 52.0 Å². The van der Waals surface area contributed by atoms with Crippen molar-refractivity contribution in [2.75, 3.05) is 6.54 Å². The van der Waals surface area contributed by atoms with Crippen molar-refractivity contribution in [3.63, 3.8) is 0 Å². The number of pyridine rings is 1. The van der Waals surface area contributed by atoms with Gasteiger partial charge >= 0.3 is 0 Å². The molecule has 2 nitrogen and oxygen atoms in total. The topological polar surface area (TPSA) is 24.9 Å². The van der Waals surface area contributed by atoms with E-state index < -0.39 is 0 Å². The van der Waals surface area contributed by atoms with Crippen LogP contribution in [-0.4, -0.2) is 11.5 Å². The molecular weight excluding hydrogens is 256 g/mol. The molecule has 1 aliphatic rings. The minimum atomic E-state index is 0.404. The van der Waals surface area contributed by atoms with Crippen molar-refractivity contribution in [2.24, 2.45) is 5.92 Å². The highest BCUT2D eigenvalue weighted by Gasteiger charge is 2.22. The fourth-order valence-corrected chi connectivity index (χ4v) is 3.69. The lowest BCUT2D eigenvalue weighted by Crippen LogP contribution is -2.24. The molecule has 1 aliphatic carbocycles. The molecule has 1 N–H and O–H groups in total. The number of aromatic nitrogens is 1. The lowest BCUT2D eigenvalue weighted by Gasteiger charge is -2.22. The second kappa shape index (κ2) is 6.57. The van der Waals surface area contributed by atoms with Crippen molar-refractivity contribution in [3.05, 3.63) is 41.6 Å². The molecule has 21 heavy (non-hydrogen) atoms. The fraction of sp³-hybridized carbons (Fsp3) is 0.526. The minimum Gasteiger partial charge on any atom is -0.309 e. The van der Waals surface area contributed by atoms with Gasteiger partial charge in [0, 0.05) is 11.4 Å². The lowest BCUT2D eigenvalue weighted by atomic mass is 9.95. The Kier molecular flexibility index (Phi) is 4.54. The van der Waals surface area contributed by atoms with E-state index in [0.29, 0.717) is 6.04 Å². The number of rotatable bonds is 5. The molecule has 1 atom stereocenters. The number of hydrogen-bond acceptors (Lipinski definition) is 2. The number of nitrogens with zero attached hydrogens (tertiary/aromatic N) is 1. The molecule has 1 aromatic carbocycles. The standard InChI is InChI=1S/C19H26N2/c1-3-20-18(13-15-8-4-5-9-15)19-12-14(2)16-10-6-7-11-17(16)21-19/h6-7,10-12,15,18,20H,3-5,8-9,13H2,1-2H3. The first-order valence-electron chi connectivity index (χ1n) is 8.37. The third-order valence-electron chi connectivity index (χ3n) is 4.79. The molecule has 3 rings (SSSR count). The largest absolute Gasteiger partial charge is 0.309 e. The molecule has 0 bridgehead atoms. The normalized spacial score (nSPS) is 17.4. The number of fused-ring (bicyclic) bond motifs is 1. The highest BCUT2D eigenvalue weighted by molar-refractivity contribution is 5.82. The number of nitrogens with one attached hydrogen (secondary N) is 1. The van der Waals surface area contributed by atoms with Crippen LogP contribution in [0, 0.1) is 12.8 Å². The molecule has 1 fully saturated rings. The molecule has 1 saturated carbocycles. The SMILES string of the molecule is CCNC(CC1CCCC1)c1cc(C)c2ccccc2n1. The van der Waals surface area contributed by atoms with E-state index in [9.17, 15) is 0 Å². The van der Waals surface area contributed by atoms with Crippen LogP contribution in [0.2, 0.25) is 0 Å². The molecule has 112 valence electrons. The first kappa shape index (κ1) is 14.5. The summed E-state index contributed by atoms with van der Waals surface area (Å²) >= 11 is 0. The summed E-state index contributed by atoms with van der Waals surface area (Å²) in [5.41, 5.74) is 3.69. The van der Waals surface area contributed by atoms with E-state index in [4.69, 9.17) is 4.98 Å². The number of para-hydroxylation sites is 1. The Morgan fingerprint density at radius 1 is 1.24 bits per heavy atom. The second-order valence-corrected chi connectivity index (χ2v) is 6.38. The zero-order valence-electron chi connectivity index (χ0n) is 13.2. The molecular formula is C19H26N2. The van der Waals surface area contributed by atoms with Crippen molar-refractivity contribution in [3.8, 4) is 0 Å². The molecule has 0 amide bonds. The Hall–Kier alpha value is -1.41. The summed E-state index contributed by atoms with van der Waals surface area (Å²) < 4.78 is 0. The summed E-state index contributed by atoms with van der Waals surface area (Å²) in [6.07, 6.45) is 6.85. The van der Waals surface area contributed by atoms with Gasteiger partial charge in [-0.15, -0.1) is 0 Å². The van der Waals surface area contributed by atoms with Gasteiger partial charge < -0.3 is 5.32 Å². The molecule has 2 heteroatoms. The van der Waals surface area contributed by atoms with E-state index in [2.05, 4.69) is 49.5 Å². The van der Waals surface area contributed by atoms with E-state index >= 15 is 0 Å². The van der Waals surface area contributed by atoms with Crippen LogP contribution in [0.4, 0.5) is 0 Å². The predicted molar refractivity (Wildman–Crippen MR) is 89.5 cm³/mol. The highest BCUT2D eigenvalue weighted by Crippen LogP contribution is 2.33. The van der Waals surface area contributed by atoms with E-state index in [1.54, 1.807) is 0 Å². The smallest absolute Gasteiger partial charge is 0.0708 e. The van der Waals surface area contributed by atoms with E-state index in [-0.39, 0.29) is 0 Å². The van der Waals surface area contributed by atoms with Crippen LogP contribution in [0.3, 0.4) is 0 Å². The molecule has 1 aromatic heterocycles. The van der Waals surface area contributed by atoms with Gasteiger partial charge in [0.15, 0.2) is 0 Å². The summed E-state index contributed by atoms with van der Waals surface area (Å²) in [5.74, 6) is 0.877. The van der Waals surface area contributed by atoms with Gasteiger partial charge in [0.2, 0.25) is 0 Å². The Balaban J connectivity index is 1.90. The van der Waals surface area contributed by atoms with Crippen LogP contribution >= 0.6 is 0 Å². The number of hydrogen-bond donors (Lipinski definition) is 1. The van der Waals surface area contributed by atoms with Gasteiger partial charge in [0.05, 0.1) is 11.2 Å². The average molecular weight is 282 g/mol. The summed E-state index contributed by atoms with van der Waals surface area (Å²) in [4.78, 5) is 4.93. The second-order valence-electron chi connectivity index (χ2n) is 6.38. The zero-order chi connectivity index (χ0) is 14.7. The van der Waals surface area contributed by atoms with Crippen LogP contribution in [0.15, 0.2) is 30.3 Å². The Morgan fingerprint density at radius 3 is 2.76 bits per heavy atom. The van der Waals surface area contributed by atoms with Crippen LogP contribution in [0.1, 0.15) is 56.3 Å². The quantitative estimate of drug-likeness (QED) is 0.854.